The number of hydrogen-bond acceptors (Lipinski definition) is 2. The van der Waals surface area contributed by atoms with E-state index in [1.54, 1.807) is 0 Å². The third kappa shape index (κ3) is 0.945. The molecular weight excluding hydrogens is 178 g/mol. The maximum Gasteiger partial charge on any atom is 0.271 e. The molecule has 4 nitrogen and oxygen atoms in total. The molecule has 0 amide bonds. The van der Waals surface area contributed by atoms with E-state index in [0.717, 1.165) is 30.6 Å². The minimum Gasteiger partial charge on any atom is -0.304 e. The van der Waals surface area contributed by atoms with Gasteiger partial charge in [0.25, 0.3) is 5.56 Å². The lowest BCUT2D eigenvalue weighted by Crippen LogP contribution is -2.30. The van der Waals surface area contributed by atoms with Gasteiger partial charge in [-0.05, 0) is 26.2 Å². The standard InChI is InChI=1S/C10H15N3O/c1-6-9-8(5-11-6)12-13(10(9)14)7-3-2-4-7/h6-7,11-12H,2-5H2,1H3. The number of fused-ring (bicyclic) bond motifs is 1. The first-order chi connectivity index (χ1) is 6.77. The molecule has 2 N–H and O–H groups in total. The Balaban J connectivity index is 2.07. The molecule has 0 saturated heterocycles. The largest absolute Gasteiger partial charge is 0.304 e. The summed E-state index contributed by atoms with van der Waals surface area (Å²) in [7, 11) is 0. The van der Waals surface area contributed by atoms with Gasteiger partial charge >= 0.3 is 0 Å². The van der Waals surface area contributed by atoms with E-state index in [0.29, 0.717) is 6.04 Å². The molecule has 3 rings (SSSR count). The van der Waals surface area contributed by atoms with E-state index in [1.165, 1.54) is 6.42 Å². The van der Waals surface area contributed by atoms with Crippen LogP contribution >= 0.6 is 0 Å². The van der Waals surface area contributed by atoms with Crippen LogP contribution in [-0.2, 0) is 6.54 Å². The molecule has 1 aliphatic carbocycles. The van der Waals surface area contributed by atoms with Crippen molar-refractivity contribution in [2.75, 3.05) is 0 Å². The molecule has 1 aromatic rings. The molecule has 2 heterocycles. The van der Waals surface area contributed by atoms with Gasteiger partial charge in [-0.1, -0.05) is 0 Å². The van der Waals surface area contributed by atoms with E-state index in [1.807, 2.05) is 11.6 Å². The highest BCUT2D eigenvalue weighted by molar-refractivity contribution is 5.25. The molecule has 1 saturated carbocycles. The van der Waals surface area contributed by atoms with E-state index in [9.17, 15) is 4.79 Å². The monoisotopic (exact) mass is 193 g/mol. The van der Waals surface area contributed by atoms with Crippen LogP contribution in [0.4, 0.5) is 0 Å². The fraction of sp³-hybridized carbons (Fsp3) is 0.700. The topological polar surface area (TPSA) is 49.8 Å². The lowest BCUT2D eigenvalue weighted by atomic mass is 9.93. The number of nitrogens with zero attached hydrogens (tertiary/aromatic N) is 1. The van der Waals surface area contributed by atoms with Crippen molar-refractivity contribution in [2.45, 2.75) is 44.8 Å². The maximum absolute atomic E-state index is 12.0. The molecule has 0 spiro atoms. The van der Waals surface area contributed by atoms with Gasteiger partial charge in [0.2, 0.25) is 0 Å². The molecule has 76 valence electrons. The van der Waals surface area contributed by atoms with Gasteiger partial charge in [0.1, 0.15) is 0 Å². The van der Waals surface area contributed by atoms with Crippen molar-refractivity contribution < 1.29 is 0 Å². The molecule has 1 aliphatic heterocycles. The number of aromatic amines is 1. The van der Waals surface area contributed by atoms with Crippen molar-refractivity contribution in [3.05, 3.63) is 21.6 Å². The van der Waals surface area contributed by atoms with Crippen LogP contribution < -0.4 is 10.9 Å². The van der Waals surface area contributed by atoms with Crippen LogP contribution in [0.5, 0.6) is 0 Å². The summed E-state index contributed by atoms with van der Waals surface area (Å²) in [6, 6.07) is 0.662. The predicted octanol–water partition coefficient (Wildman–Crippen LogP) is 1.07. The van der Waals surface area contributed by atoms with Crippen LogP contribution in [0.2, 0.25) is 0 Å². The molecule has 0 radical (unpaired) electrons. The van der Waals surface area contributed by atoms with Crippen molar-refractivity contribution in [1.29, 1.82) is 0 Å². The molecule has 1 aromatic heterocycles. The van der Waals surface area contributed by atoms with E-state index in [2.05, 4.69) is 10.4 Å². The summed E-state index contributed by atoms with van der Waals surface area (Å²) in [5.41, 5.74) is 2.24. The average molecular weight is 193 g/mol. The quantitative estimate of drug-likeness (QED) is 0.700. The summed E-state index contributed by atoms with van der Waals surface area (Å²) < 4.78 is 1.84. The van der Waals surface area contributed by atoms with Crippen molar-refractivity contribution in [1.82, 2.24) is 15.1 Å². The van der Waals surface area contributed by atoms with E-state index in [-0.39, 0.29) is 11.6 Å². The SMILES string of the molecule is CC1NCc2[nH]n(C3CCC3)c(=O)c21. The van der Waals surface area contributed by atoms with Gasteiger partial charge < -0.3 is 5.32 Å². The molecule has 1 unspecified atom stereocenters. The van der Waals surface area contributed by atoms with Crippen LogP contribution in [0.3, 0.4) is 0 Å². The van der Waals surface area contributed by atoms with E-state index >= 15 is 0 Å². The molecule has 1 atom stereocenters. The third-order valence-corrected chi connectivity index (χ3v) is 3.49. The van der Waals surface area contributed by atoms with Gasteiger partial charge in [-0.15, -0.1) is 0 Å². The smallest absolute Gasteiger partial charge is 0.271 e. The minimum atomic E-state index is 0.196. The minimum absolute atomic E-state index is 0.196. The van der Waals surface area contributed by atoms with Gasteiger partial charge in [-0.25, -0.2) is 4.68 Å². The number of H-pyrrole nitrogens is 1. The average Bonchev–Trinajstić information content (AvgIpc) is 2.55. The first-order valence-electron chi connectivity index (χ1n) is 5.34. The van der Waals surface area contributed by atoms with Gasteiger partial charge in [0.15, 0.2) is 0 Å². The molecule has 0 aromatic carbocycles. The lowest BCUT2D eigenvalue weighted by molar-refractivity contribution is 0.280. The Labute approximate surface area is 82.3 Å². The molecule has 14 heavy (non-hydrogen) atoms. The van der Waals surface area contributed by atoms with Gasteiger partial charge in [-0.3, -0.25) is 9.89 Å². The second-order valence-corrected chi connectivity index (χ2v) is 4.37. The molecule has 2 aliphatic rings. The van der Waals surface area contributed by atoms with Crippen LogP contribution in [-0.4, -0.2) is 9.78 Å². The maximum atomic E-state index is 12.0. The van der Waals surface area contributed by atoms with Gasteiger partial charge in [0, 0.05) is 12.6 Å². The summed E-state index contributed by atoms with van der Waals surface area (Å²) in [6.45, 7) is 2.86. The summed E-state index contributed by atoms with van der Waals surface area (Å²) in [5.74, 6) is 0. The van der Waals surface area contributed by atoms with Gasteiger partial charge in [-0.2, -0.15) is 0 Å². The van der Waals surface area contributed by atoms with Crippen LogP contribution in [0.15, 0.2) is 4.79 Å². The highest BCUT2D eigenvalue weighted by Gasteiger charge is 2.29. The summed E-state index contributed by atoms with van der Waals surface area (Å²) in [5, 5.41) is 6.50. The Hall–Kier alpha value is -1.03. The lowest BCUT2D eigenvalue weighted by Gasteiger charge is -2.25. The van der Waals surface area contributed by atoms with E-state index in [4.69, 9.17) is 0 Å². The fourth-order valence-corrected chi connectivity index (χ4v) is 2.36. The molecule has 4 heteroatoms. The van der Waals surface area contributed by atoms with Crippen LogP contribution in [0.1, 0.15) is 49.5 Å². The van der Waals surface area contributed by atoms with Crippen LogP contribution in [0, 0.1) is 0 Å². The Morgan fingerprint density at radius 2 is 2.21 bits per heavy atom. The second kappa shape index (κ2) is 2.73. The first-order valence-corrected chi connectivity index (χ1v) is 5.34. The van der Waals surface area contributed by atoms with E-state index < -0.39 is 0 Å². The summed E-state index contributed by atoms with van der Waals surface area (Å²) in [4.78, 5) is 12.0. The zero-order valence-corrected chi connectivity index (χ0v) is 8.34. The number of nitrogens with one attached hydrogen (secondary N) is 2. The highest BCUT2D eigenvalue weighted by Crippen LogP contribution is 2.31. The number of aromatic nitrogens is 2. The number of rotatable bonds is 1. The second-order valence-electron chi connectivity index (χ2n) is 4.37. The zero-order chi connectivity index (χ0) is 9.71. The van der Waals surface area contributed by atoms with Gasteiger partial charge in [0.05, 0.1) is 17.3 Å². The van der Waals surface area contributed by atoms with Crippen molar-refractivity contribution in [3.8, 4) is 0 Å². The molecule has 0 bridgehead atoms. The Morgan fingerprint density at radius 1 is 1.43 bits per heavy atom. The van der Waals surface area contributed by atoms with Crippen molar-refractivity contribution in [3.63, 3.8) is 0 Å². The predicted molar refractivity (Wildman–Crippen MR) is 53.2 cm³/mol. The number of hydrogen-bond donors (Lipinski definition) is 2. The fourth-order valence-electron chi connectivity index (χ4n) is 2.36. The Kier molecular flexibility index (Phi) is 1.62. The normalized spacial score (nSPS) is 26.2. The molecular formula is C10H15N3O. The van der Waals surface area contributed by atoms with Crippen LogP contribution in [0.25, 0.3) is 0 Å². The van der Waals surface area contributed by atoms with Crippen molar-refractivity contribution >= 4 is 0 Å². The highest BCUT2D eigenvalue weighted by atomic mass is 16.1. The third-order valence-electron chi connectivity index (χ3n) is 3.49. The zero-order valence-electron chi connectivity index (χ0n) is 8.34. The summed E-state index contributed by atoms with van der Waals surface area (Å²) >= 11 is 0. The first kappa shape index (κ1) is 8.29. The molecule has 1 fully saturated rings. The summed E-state index contributed by atoms with van der Waals surface area (Å²) in [6.07, 6.45) is 3.57. The Morgan fingerprint density at radius 3 is 2.79 bits per heavy atom. The Bertz CT molecular complexity index is 413. The van der Waals surface area contributed by atoms with Crippen molar-refractivity contribution in [2.24, 2.45) is 0 Å².